The van der Waals surface area contributed by atoms with Crippen LogP contribution in [-0.2, 0) is 24.4 Å². The van der Waals surface area contributed by atoms with Crippen molar-refractivity contribution in [1.82, 2.24) is 0 Å². The first kappa shape index (κ1) is 20.5. The molecule has 0 radical (unpaired) electrons. The van der Waals surface area contributed by atoms with Crippen LogP contribution in [0.25, 0.3) is 0 Å². The Balaban J connectivity index is 1.67. The third-order valence-corrected chi connectivity index (χ3v) is 4.61. The van der Waals surface area contributed by atoms with E-state index in [9.17, 15) is 4.79 Å². The van der Waals surface area contributed by atoms with E-state index in [1.54, 1.807) is 0 Å². The number of aliphatic carboxylic acids is 1. The van der Waals surface area contributed by atoms with E-state index in [-0.39, 0.29) is 6.42 Å². The highest BCUT2D eigenvalue weighted by Gasteiger charge is 2.08. The van der Waals surface area contributed by atoms with E-state index in [4.69, 9.17) is 14.6 Å². The van der Waals surface area contributed by atoms with Crippen molar-refractivity contribution in [3.8, 4) is 11.5 Å². The zero-order chi connectivity index (χ0) is 20.3. The number of carbonyl (C=O) groups is 1. The smallest absolute Gasteiger partial charge is 0.303 e. The highest BCUT2D eigenvalue weighted by atomic mass is 16.5. The second-order valence-corrected chi connectivity index (χ2v) is 6.92. The molecule has 3 rings (SSSR count). The van der Waals surface area contributed by atoms with E-state index in [1.807, 2.05) is 78.9 Å². The largest absolute Gasteiger partial charge is 0.489 e. The molecular weight excluding hydrogens is 364 g/mol. The fraction of sp³-hybridized carbons (Fsp3) is 0.240. The van der Waals surface area contributed by atoms with Crippen LogP contribution in [0.2, 0.25) is 0 Å². The average Bonchev–Trinajstić information content (AvgIpc) is 2.76. The van der Waals surface area contributed by atoms with E-state index in [2.05, 4.69) is 0 Å². The van der Waals surface area contributed by atoms with E-state index in [0.717, 1.165) is 41.0 Å². The van der Waals surface area contributed by atoms with Crippen molar-refractivity contribution in [3.63, 3.8) is 0 Å². The number of carboxylic acids is 1. The van der Waals surface area contributed by atoms with Crippen LogP contribution in [0.4, 0.5) is 0 Å². The molecular formula is C25H26O4. The second-order valence-electron chi connectivity index (χ2n) is 6.92. The third-order valence-electron chi connectivity index (χ3n) is 4.61. The maximum atomic E-state index is 10.7. The SMILES string of the molecule is O=C(O)CCCCc1ccc(OCc2ccccc2)cc1OCc1ccccc1. The normalized spacial score (nSPS) is 10.5. The number of hydrogen-bond acceptors (Lipinski definition) is 3. The van der Waals surface area contributed by atoms with Gasteiger partial charge in [0, 0.05) is 12.5 Å². The van der Waals surface area contributed by atoms with Gasteiger partial charge >= 0.3 is 5.97 Å². The van der Waals surface area contributed by atoms with Crippen LogP contribution < -0.4 is 9.47 Å². The lowest BCUT2D eigenvalue weighted by molar-refractivity contribution is -0.137. The van der Waals surface area contributed by atoms with Crippen molar-refractivity contribution in [2.75, 3.05) is 0 Å². The zero-order valence-corrected chi connectivity index (χ0v) is 16.4. The zero-order valence-electron chi connectivity index (χ0n) is 16.4. The maximum absolute atomic E-state index is 10.7. The highest BCUT2D eigenvalue weighted by Crippen LogP contribution is 2.28. The molecule has 4 nitrogen and oxygen atoms in total. The molecule has 0 saturated carbocycles. The lowest BCUT2D eigenvalue weighted by Crippen LogP contribution is -2.01. The van der Waals surface area contributed by atoms with E-state index in [1.165, 1.54) is 0 Å². The molecule has 150 valence electrons. The monoisotopic (exact) mass is 390 g/mol. The first-order valence-electron chi connectivity index (χ1n) is 9.89. The first-order chi connectivity index (χ1) is 14.2. The lowest BCUT2D eigenvalue weighted by Gasteiger charge is -2.14. The fourth-order valence-corrected chi connectivity index (χ4v) is 3.03. The Morgan fingerprint density at radius 2 is 1.38 bits per heavy atom. The van der Waals surface area contributed by atoms with Crippen molar-refractivity contribution in [2.45, 2.75) is 38.9 Å². The number of ether oxygens (including phenoxy) is 2. The molecule has 0 aliphatic rings. The molecule has 4 heteroatoms. The van der Waals surface area contributed by atoms with Crippen LogP contribution in [0.3, 0.4) is 0 Å². The molecule has 0 bridgehead atoms. The minimum Gasteiger partial charge on any atom is -0.489 e. The number of benzene rings is 3. The molecule has 29 heavy (non-hydrogen) atoms. The molecule has 0 heterocycles. The van der Waals surface area contributed by atoms with Gasteiger partial charge in [-0.1, -0.05) is 66.7 Å². The number of unbranched alkanes of at least 4 members (excludes halogenated alkanes) is 1. The Morgan fingerprint density at radius 3 is 2.00 bits per heavy atom. The molecule has 0 aromatic heterocycles. The molecule has 3 aromatic carbocycles. The number of aryl methyl sites for hydroxylation is 1. The van der Waals surface area contributed by atoms with Crippen LogP contribution in [0.1, 0.15) is 36.0 Å². The molecule has 1 N–H and O–H groups in total. The molecule has 0 saturated heterocycles. The fourth-order valence-electron chi connectivity index (χ4n) is 3.03. The Kier molecular flexibility index (Phi) is 7.70. The summed E-state index contributed by atoms with van der Waals surface area (Å²) in [7, 11) is 0. The van der Waals surface area contributed by atoms with Gasteiger partial charge in [0.25, 0.3) is 0 Å². The predicted molar refractivity (Wildman–Crippen MR) is 113 cm³/mol. The molecule has 0 atom stereocenters. The van der Waals surface area contributed by atoms with Gasteiger partial charge in [-0.2, -0.15) is 0 Å². The lowest BCUT2D eigenvalue weighted by atomic mass is 10.1. The molecule has 0 aliphatic carbocycles. The second kappa shape index (κ2) is 10.9. The topological polar surface area (TPSA) is 55.8 Å². The van der Waals surface area contributed by atoms with Crippen LogP contribution in [0.15, 0.2) is 78.9 Å². The van der Waals surface area contributed by atoms with Crippen LogP contribution in [0, 0.1) is 0 Å². The van der Waals surface area contributed by atoms with E-state index >= 15 is 0 Å². The molecule has 0 amide bonds. The van der Waals surface area contributed by atoms with Gasteiger partial charge in [-0.15, -0.1) is 0 Å². The van der Waals surface area contributed by atoms with Gasteiger partial charge in [-0.25, -0.2) is 0 Å². The van der Waals surface area contributed by atoms with Crippen LogP contribution >= 0.6 is 0 Å². The van der Waals surface area contributed by atoms with Crippen molar-refractivity contribution < 1.29 is 19.4 Å². The summed E-state index contributed by atoms with van der Waals surface area (Å²) in [6.45, 7) is 0.974. The van der Waals surface area contributed by atoms with E-state index in [0.29, 0.717) is 19.6 Å². The van der Waals surface area contributed by atoms with Crippen molar-refractivity contribution >= 4 is 5.97 Å². The summed E-state index contributed by atoms with van der Waals surface area (Å²) in [4.78, 5) is 10.7. The highest BCUT2D eigenvalue weighted by molar-refractivity contribution is 5.66. The summed E-state index contributed by atoms with van der Waals surface area (Å²) >= 11 is 0. The molecule has 0 aliphatic heterocycles. The van der Waals surface area contributed by atoms with Gasteiger partial charge in [0.1, 0.15) is 24.7 Å². The van der Waals surface area contributed by atoms with Gasteiger partial charge < -0.3 is 14.6 Å². The average molecular weight is 390 g/mol. The van der Waals surface area contributed by atoms with Gasteiger partial charge in [0.2, 0.25) is 0 Å². The summed E-state index contributed by atoms with van der Waals surface area (Å²) in [5, 5.41) is 8.82. The number of carboxylic acid groups (broad SMARTS) is 1. The summed E-state index contributed by atoms with van der Waals surface area (Å²) in [6.07, 6.45) is 2.42. The molecule has 0 fully saturated rings. The summed E-state index contributed by atoms with van der Waals surface area (Å²) in [6, 6.07) is 26.0. The van der Waals surface area contributed by atoms with Crippen LogP contribution in [-0.4, -0.2) is 11.1 Å². The Hall–Kier alpha value is -3.27. The third kappa shape index (κ3) is 7.00. The number of rotatable bonds is 11. The Labute approximate surface area is 171 Å². The first-order valence-corrected chi connectivity index (χ1v) is 9.89. The predicted octanol–water partition coefficient (Wildman–Crippen LogP) is 5.64. The van der Waals surface area contributed by atoms with Crippen molar-refractivity contribution in [3.05, 3.63) is 95.6 Å². The minimum atomic E-state index is -0.754. The van der Waals surface area contributed by atoms with Gasteiger partial charge in [0.05, 0.1) is 0 Å². The minimum absolute atomic E-state index is 0.193. The molecule has 0 unspecified atom stereocenters. The maximum Gasteiger partial charge on any atom is 0.303 e. The Bertz CT molecular complexity index is 891. The number of hydrogen-bond donors (Lipinski definition) is 1. The van der Waals surface area contributed by atoms with E-state index < -0.39 is 5.97 Å². The quantitative estimate of drug-likeness (QED) is 0.430. The van der Waals surface area contributed by atoms with Gasteiger partial charge in [-0.3, -0.25) is 4.79 Å². The summed E-state index contributed by atoms with van der Waals surface area (Å²) in [5.41, 5.74) is 3.27. The molecule has 0 spiro atoms. The van der Waals surface area contributed by atoms with Crippen molar-refractivity contribution in [1.29, 1.82) is 0 Å². The summed E-state index contributed by atoms with van der Waals surface area (Å²) in [5.74, 6) is 0.788. The molecule has 3 aromatic rings. The van der Waals surface area contributed by atoms with Gasteiger partial charge in [0.15, 0.2) is 0 Å². The van der Waals surface area contributed by atoms with Crippen molar-refractivity contribution in [2.24, 2.45) is 0 Å². The summed E-state index contributed by atoms with van der Waals surface area (Å²) < 4.78 is 12.0. The standard InChI is InChI=1S/C25H26O4/c26-25(27)14-8-7-13-22-15-16-23(28-18-20-9-3-1-4-10-20)17-24(22)29-19-21-11-5-2-6-12-21/h1-6,9-12,15-17H,7-8,13-14,18-19H2,(H,26,27). The van der Waals surface area contributed by atoms with Gasteiger partial charge in [-0.05, 0) is 42.0 Å². The Morgan fingerprint density at radius 1 is 0.759 bits per heavy atom. The van der Waals surface area contributed by atoms with Crippen LogP contribution in [0.5, 0.6) is 11.5 Å².